The van der Waals surface area contributed by atoms with Gasteiger partial charge in [-0.1, -0.05) is 13.0 Å². The van der Waals surface area contributed by atoms with Gasteiger partial charge in [0, 0.05) is 49.2 Å². The van der Waals surface area contributed by atoms with Crippen molar-refractivity contribution in [2.24, 2.45) is 0 Å². The van der Waals surface area contributed by atoms with Crippen LogP contribution in [0.4, 0.5) is 17.1 Å². The summed E-state index contributed by atoms with van der Waals surface area (Å²) in [6.07, 6.45) is 0.353. The molecule has 164 valence electrons. The Balaban J connectivity index is 1.54. The van der Waals surface area contributed by atoms with E-state index in [2.05, 4.69) is 15.5 Å². The summed E-state index contributed by atoms with van der Waals surface area (Å²) in [5, 5.41) is 5.55. The SMILES string of the molecule is CCC(=O)Nc1cccc(C(=O)N(C)CC(=O)Nc2ccc(N3CCOCC3)cc2)c1. The van der Waals surface area contributed by atoms with Crippen LogP contribution in [0.2, 0.25) is 0 Å². The summed E-state index contributed by atoms with van der Waals surface area (Å²) < 4.78 is 5.36. The first-order valence-electron chi connectivity index (χ1n) is 10.3. The zero-order valence-corrected chi connectivity index (χ0v) is 17.9. The van der Waals surface area contributed by atoms with Crippen molar-refractivity contribution in [3.8, 4) is 0 Å². The molecule has 0 aromatic heterocycles. The second-order valence-electron chi connectivity index (χ2n) is 7.34. The molecule has 31 heavy (non-hydrogen) atoms. The van der Waals surface area contributed by atoms with E-state index in [1.807, 2.05) is 24.3 Å². The zero-order valence-electron chi connectivity index (χ0n) is 17.9. The molecule has 1 fully saturated rings. The highest BCUT2D eigenvalue weighted by Crippen LogP contribution is 2.19. The number of likely N-dealkylation sites (N-methyl/N-ethyl adjacent to an activating group) is 1. The van der Waals surface area contributed by atoms with Crippen LogP contribution in [0.25, 0.3) is 0 Å². The smallest absolute Gasteiger partial charge is 0.254 e. The van der Waals surface area contributed by atoms with E-state index in [9.17, 15) is 14.4 Å². The molecule has 0 aliphatic carbocycles. The predicted molar refractivity (Wildman–Crippen MR) is 120 cm³/mol. The second kappa shape index (κ2) is 10.6. The molecule has 3 rings (SSSR count). The highest BCUT2D eigenvalue weighted by atomic mass is 16.5. The number of nitrogens with zero attached hydrogens (tertiary/aromatic N) is 2. The highest BCUT2D eigenvalue weighted by molar-refractivity contribution is 6.00. The topological polar surface area (TPSA) is 91.0 Å². The maximum atomic E-state index is 12.7. The fourth-order valence-corrected chi connectivity index (χ4v) is 3.26. The molecule has 1 heterocycles. The molecule has 0 spiro atoms. The van der Waals surface area contributed by atoms with Crippen LogP contribution in [0.3, 0.4) is 0 Å². The molecule has 0 unspecified atom stereocenters. The van der Waals surface area contributed by atoms with Crippen molar-refractivity contribution in [3.63, 3.8) is 0 Å². The van der Waals surface area contributed by atoms with Crippen LogP contribution in [0.15, 0.2) is 48.5 Å². The van der Waals surface area contributed by atoms with Crippen molar-refractivity contribution in [2.75, 3.05) is 55.4 Å². The Hall–Kier alpha value is -3.39. The van der Waals surface area contributed by atoms with Crippen molar-refractivity contribution in [1.82, 2.24) is 4.90 Å². The maximum Gasteiger partial charge on any atom is 0.254 e. The summed E-state index contributed by atoms with van der Waals surface area (Å²) in [6, 6.07) is 14.3. The van der Waals surface area contributed by atoms with Gasteiger partial charge in [-0.3, -0.25) is 14.4 Å². The van der Waals surface area contributed by atoms with Gasteiger partial charge in [0.1, 0.15) is 0 Å². The van der Waals surface area contributed by atoms with Gasteiger partial charge in [0.2, 0.25) is 11.8 Å². The average molecular weight is 425 g/mol. The molecule has 8 nitrogen and oxygen atoms in total. The number of rotatable bonds is 7. The first kappa shape index (κ1) is 22.3. The number of carbonyl (C=O) groups is 3. The zero-order chi connectivity index (χ0) is 22.2. The molecule has 8 heteroatoms. The van der Waals surface area contributed by atoms with Crippen molar-refractivity contribution < 1.29 is 19.1 Å². The van der Waals surface area contributed by atoms with Crippen LogP contribution < -0.4 is 15.5 Å². The summed E-state index contributed by atoms with van der Waals surface area (Å²) in [5.74, 6) is -0.715. The fraction of sp³-hybridized carbons (Fsp3) is 0.348. The molecule has 0 bridgehead atoms. The van der Waals surface area contributed by atoms with Gasteiger partial charge in [0.05, 0.1) is 19.8 Å². The van der Waals surface area contributed by atoms with E-state index in [4.69, 9.17) is 4.74 Å². The van der Waals surface area contributed by atoms with E-state index in [-0.39, 0.29) is 24.3 Å². The lowest BCUT2D eigenvalue weighted by molar-refractivity contribution is -0.117. The number of carbonyl (C=O) groups excluding carboxylic acids is 3. The van der Waals surface area contributed by atoms with Crippen molar-refractivity contribution in [3.05, 3.63) is 54.1 Å². The van der Waals surface area contributed by atoms with Gasteiger partial charge in [0.15, 0.2) is 0 Å². The van der Waals surface area contributed by atoms with Gasteiger partial charge >= 0.3 is 0 Å². The van der Waals surface area contributed by atoms with Gasteiger partial charge in [0.25, 0.3) is 5.91 Å². The van der Waals surface area contributed by atoms with Gasteiger partial charge in [-0.15, -0.1) is 0 Å². The molecule has 0 saturated carbocycles. The molecule has 2 aromatic rings. The van der Waals surface area contributed by atoms with E-state index >= 15 is 0 Å². The molecular formula is C23H28N4O4. The monoisotopic (exact) mass is 424 g/mol. The first-order valence-corrected chi connectivity index (χ1v) is 10.3. The van der Waals surface area contributed by atoms with Crippen LogP contribution in [-0.4, -0.2) is 62.5 Å². The molecule has 3 amide bonds. The third-order valence-corrected chi connectivity index (χ3v) is 4.97. The van der Waals surface area contributed by atoms with Gasteiger partial charge in [-0.2, -0.15) is 0 Å². The Kier molecular flexibility index (Phi) is 7.61. The minimum atomic E-state index is -0.301. The van der Waals surface area contributed by atoms with Crippen LogP contribution in [0, 0.1) is 0 Å². The standard InChI is InChI=1S/C23H28N4O4/c1-3-21(28)25-19-6-4-5-17(15-19)23(30)26(2)16-22(29)24-18-7-9-20(10-8-18)27-11-13-31-14-12-27/h4-10,15H,3,11-14,16H2,1-2H3,(H,24,29)(H,25,28). The molecule has 1 saturated heterocycles. The average Bonchev–Trinajstić information content (AvgIpc) is 2.79. The Labute approximate surface area is 182 Å². The largest absolute Gasteiger partial charge is 0.378 e. The number of anilines is 3. The van der Waals surface area contributed by atoms with Crippen molar-refractivity contribution in [1.29, 1.82) is 0 Å². The summed E-state index contributed by atoms with van der Waals surface area (Å²) >= 11 is 0. The number of nitrogens with one attached hydrogen (secondary N) is 2. The van der Waals surface area contributed by atoms with Crippen LogP contribution in [0.1, 0.15) is 23.7 Å². The van der Waals surface area contributed by atoms with Gasteiger partial charge in [-0.25, -0.2) is 0 Å². The highest BCUT2D eigenvalue weighted by Gasteiger charge is 2.16. The minimum absolute atomic E-state index is 0.0877. The minimum Gasteiger partial charge on any atom is -0.378 e. The van der Waals surface area contributed by atoms with Crippen molar-refractivity contribution in [2.45, 2.75) is 13.3 Å². The predicted octanol–water partition coefficient (Wildman–Crippen LogP) is 2.58. The summed E-state index contributed by atoms with van der Waals surface area (Å²) in [5.41, 5.74) is 2.71. The Morgan fingerprint density at radius 2 is 1.65 bits per heavy atom. The van der Waals surface area contributed by atoms with Gasteiger partial charge < -0.3 is 25.2 Å². The molecule has 2 aromatic carbocycles. The lowest BCUT2D eigenvalue weighted by atomic mass is 10.1. The normalized spacial score (nSPS) is 13.4. The van der Waals surface area contributed by atoms with E-state index in [0.717, 1.165) is 18.8 Å². The van der Waals surface area contributed by atoms with E-state index in [0.29, 0.717) is 36.6 Å². The summed E-state index contributed by atoms with van der Waals surface area (Å²) in [4.78, 5) is 40.2. The Morgan fingerprint density at radius 3 is 2.32 bits per heavy atom. The fourth-order valence-electron chi connectivity index (χ4n) is 3.26. The molecule has 2 N–H and O–H groups in total. The number of benzene rings is 2. The second-order valence-corrected chi connectivity index (χ2v) is 7.34. The van der Waals surface area contributed by atoms with Crippen molar-refractivity contribution >= 4 is 34.8 Å². The Morgan fingerprint density at radius 1 is 0.968 bits per heavy atom. The number of hydrogen-bond donors (Lipinski definition) is 2. The lowest BCUT2D eigenvalue weighted by Gasteiger charge is -2.28. The Bertz CT molecular complexity index is 923. The van der Waals surface area contributed by atoms with Crippen LogP contribution in [-0.2, 0) is 14.3 Å². The maximum absolute atomic E-state index is 12.7. The van der Waals surface area contributed by atoms with Crippen LogP contribution >= 0.6 is 0 Å². The summed E-state index contributed by atoms with van der Waals surface area (Å²) in [7, 11) is 1.57. The van der Waals surface area contributed by atoms with E-state index in [1.54, 1.807) is 38.2 Å². The first-order chi connectivity index (χ1) is 15.0. The van der Waals surface area contributed by atoms with Crippen LogP contribution in [0.5, 0.6) is 0 Å². The van der Waals surface area contributed by atoms with Gasteiger partial charge in [-0.05, 0) is 42.5 Å². The molecular weight excluding hydrogens is 396 g/mol. The molecule has 1 aliphatic rings. The number of ether oxygens (including phenoxy) is 1. The third-order valence-electron chi connectivity index (χ3n) is 4.97. The molecule has 0 atom stereocenters. The lowest BCUT2D eigenvalue weighted by Crippen LogP contribution is -2.36. The third kappa shape index (κ3) is 6.29. The summed E-state index contributed by atoms with van der Waals surface area (Å²) in [6.45, 7) is 4.80. The van der Waals surface area contributed by atoms with E-state index < -0.39 is 0 Å². The number of morpholine rings is 1. The quantitative estimate of drug-likeness (QED) is 0.713. The molecule has 1 aliphatic heterocycles. The number of amides is 3. The molecule has 0 radical (unpaired) electrons. The number of hydrogen-bond acceptors (Lipinski definition) is 5. The van der Waals surface area contributed by atoms with E-state index in [1.165, 1.54) is 4.90 Å².